The summed E-state index contributed by atoms with van der Waals surface area (Å²) < 4.78 is 88.8. The van der Waals surface area contributed by atoms with Crippen LogP contribution in [0.25, 0.3) is 15.5 Å². The SMILES string of the molecule is CN(C)c1cccc2c(S(=O)(=O)[N-]CCCN3CCN(CCCN)CC3)cccc12.O=S(=O)([O-])C(F)(F)F.[Cu+2]. The number of rotatable bonds is 10. The van der Waals surface area contributed by atoms with E-state index < -0.39 is 25.6 Å². The molecule has 2 aromatic carbocycles. The van der Waals surface area contributed by atoms with Gasteiger partial charge in [0.1, 0.15) is 10.0 Å². The zero-order valence-corrected chi connectivity index (χ0v) is 24.3. The van der Waals surface area contributed by atoms with Gasteiger partial charge in [0.15, 0.2) is 10.1 Å². The second-order valence-corrected chi connectivity index (χ2v) is 11.9. The number of halogens is 3. The number of anilines is 1. The molecule has 0 saturated carbocycles. The van der Waals surface area contributed by atoms with Crippen molar-refractivity contribution in [2.45, 2.75) is 23.2 Å². The van der Waals surface area contributed by atoms with Gasteiger partial charge in [0, 0.05) is 56.7 Å². The molecular formula is C23H34CuF3N5O5S2. The first-order valence-corrected chi connectivity index (χ1v) is 14.8. The molecule has 0 aliphatic carbocycles. The molecule has 1 heterocycles. The number of sulfonamides is 1. The second-order valence-electron chi connectivity index (χ2n) is 8.93. The molecule has 3 rings (SSSR count). The van der Waals surface area contributed by atoms with Gasteiger partial charge >= 0.3 is 22.6 Å². The Morgan fingerprint density at radius 3 is 1.90 bits per heavy atom. The average Bonchev–Trinajstić information content (AvgIpc) is 2.84. The molecule has 0 atom stereocenters. The second kappa shape index (κ2) is 15.5. The van der Waals surface area contributed by atoms with Gasteiger partial charge in [-0.25, -0.2) is 16.8 Å². The minimum absolute atomic E-state index is 0. The van der Waals surface area contributed by atoms with E-state index in [0.717, 1.165) is 75.1 Å². The fourth-order valence-corrected chi connectivity index (χ4v) is 5.19. The number of fused-ring (bicyclic) bond motifs is 1. The van der Waals surface area contributed by atoms with E-state index in [1.165, 1.54) is 0 Å². The zero-order valence-electron chi connectivity index (χ0n) is 21.7. The van der Waals surface area contributed by atoms with E-state index in [-0.39, 0.29) is 22.0 Å². The number of piperazine rings is 1. The van der Waals surface area contributed by atoms with E-state index in [9.17, 15) is 21.6 Å². The molecular weight excluding hydrogens is 611 g/mol. The first-order valence-electron chi connectivity index (χ1n) is 12.0. The fraction of sp³-hybridized carbons (Fsp3) is 0.565. The fourth-order valence-electron chi connectivity index (χ4n) is 3.98. The van der Waals surface area contributed by atoms with Crippen LogP contribution in [0.5, 0.6) is 0 Å². The third-order valence-electron chi connectivity index (χ3n) is 5.94. The van der Waals surface area contributed by atoms with Crippen LogP contribution < -0.4 is 10.6 Å². The van der Waals surface area contributed by atoms with Gasteiger partial charge in [-0.1, -0.05) is 30.7 Å². The summed E-state index contributed by atoms with van der Waals surface area (Å²) in [5.74, 6) is 0. The molecule has 10 nitrogen and oxygen atoms in total. The van der Waals surface area contributed by atoms with Crippen molar-refractivity contribution in [2.75, 3.05) is 71.4 Å². The standard InChI is InChI=1S/C22H34N5O2S.CHF3O3S.Cu/c1-25(2)21-9-3-8-20-19(21)7-4-10-22(20)30(28,29)24-12-6-14-27-17-15-26(16-18-27)13-5-11-23;2-1(3,4)8(5,6)7;/h3-4,7-10H,5-6,11-18,23H2,1-2H3;(H,5,6,7);/q-1;;+2/p-1. The van der Waals surface area contributed by atoms with Gasteiger partial charge in [-0.05, 0) is 38.2 Å². The Morgan fingerprint density at radius 2 is 1.41 bits per heavy atom. The Hall–Kier alpha value is -1.49. The van der Waals surface area contributed by atoms with Crippen molar-refractivity contribution >= 4 is 36.6 Å². The van der Waals surface area contributed by atoms with Crippen LogP contribution in [-0.4, -0.2) is 103 Å². The summed E-state index contributed by atoms with van der Waals surface area (Å²) >= 11 is 0. The Labute approximate surface area is 239 Å². The van der Waals surface area contributed by atoms with Gasteiger partial charge in [-0.15, -0.1) is 6.54 Å². The molecule has 1 saturated heterocycles. The predicted octanol–water partition coefficient (Wildman–Crippen LogP) is 2.37. The normalized spacial score (nSPS) is 15.4. The van der Waals surface area contributed by atoms with Crippen molar-refractivity contribution in [3.63, 3.8) is 0 Å². The van der Waals surface area contributed by atoms with E-state index in [2.05, 4.69) is 14.5 Å². The molecule has 0 bridgehead atoms. The Bertz CT molecular complexity index is 1260. The average molecular weight is 645 g/mol. The number of hydrogen-bond acceptors (Lipinski definition) is 9. The predicted molar refractivity (Wildman–Crippen MR) is 141 cm³/mol. The maximum absolute atomic E-state index is 12.9. The van der Waals surface area contributed by atoms with Crippen LogP contribution in [-0.2, 0) is 37.2 Å². The van der Waals surface area contributed by atoms with Gasteiger partial charge in [-0.2, -0.15) is 13.2 Å². The monoisotopic (exact) mass is 644 g/mol. The van der Waals surface area contributed by atoms with Crippen LogP contribution in [0.1, 0.15) is 12.8 Å². The summed E-state index contributed by atoms with van der Waals surface area (Å²) in [6.45, 7) is 7.16. The Balaban J connectivity index is 0.000000737. The van der Waals surface area contributed by atoms with Crippen LogP contribution in [0.4, 0.5) is 18.9 Å². The zero-order chi connectivity index (χ0) is 28.6. The molecule has 0 aromatic heterocycles. The molecule has 39 heavy (non-hydrogen) atoms. The van der Waals surface area contributed by atoms with E-state index in [0.29, 0.717) is 6.54 Å². The van der Waals surface area contributed by atoms with Gasteiger partial charge in [0.25, 0.3) is 0 Å². The van der Waals surface area contributed by atoms with Crippen molar-refractivity contribution in [1.29, 1.82) is 0 Å². The maximum atomic E-state index is 12.9. The molecule has 0 unspecified atom stereocenters. The Morgan fingerprint density at radius 1 is 0.923 bits per heavy atom. The minimum atomic E-state index is -6.09. The summed E-state index contributed by atoms with van der Waals surface area (Å²) in [7, 11) is -5.86. The molecule has 2 N–H and O–H groups in total. The van der Waals surface area contributed by atoms with Gasteiger partial charge < -0.3 is 29.7 Å². The Kier molecular flexibility index (Phi) is 14.1. The smallest absolute Gasteiger partial charge is 0.741 e. The largest absolute Gasteiger partial charge is 2.00 e. The molecule has 1 radical (unpaired) electrons. The number of nitrogens with two attached hydrogens (primary N) is 1. The van der Waals surface area contributed by atoms with Gasteiger partial charge in [0.2, 0.25) is 0 Å². The molecule has 0 spiro atoms. The first kappa shape index (κ1) is 35.5. The third kappa shape index (κ3) is 10.8. The van der Waals surface area contributed by atoms with Crippen molar-refractivity contribution in [1.82, 2.24) is 9.80 Å². The number of benzene rings is 2. The number of nitrogens with zero attached hydrogens (tertiary/aromatic N) is 4. The minimum Gasteiger partial charge on any atom is -0.741 e. The van der Waals surface area contributed by atoms with E-state index in [4.69, 9.17) is 18.7 Å². The van der Waals surface area contributed by atoms with Crippen molar-refractivity contribution in [2.24, 2.45) is 5.73 Å². The number of alkyl halides is 3. The van der Waals surface area contributed by atoms with Crippen LogP contribution in [0.3, 0.4) is 0 Å². The van der Waals surface area contributed by atoms with E-state index in [1.807, 2.05) is 43.3 Å². The van der Waals surface area contributed by atoms with E-state index >= 15 is 0 Å². The van der Waals surface area contributed by atoms with Crippen LogP contribution in [0, 0.1) is 0 Å². The van der Waals surface area contributed by atoms with Crippen LogP contribution >= 0.6 is 0 Å². The van der Waals surface area contributed by atoms with Gasteiger partial charge in [0.05, 0.1) is 4.90 Å². The van der Waals surface area contributed by atoms with Crippen molar-refractivity contribution in [3.05, 3.63) is 41.1 Å². The van der Waals surface area contributed by atoms with Crippen LogP contribution in [0.15, 0.2) is 41.3 Å². The molecule has 0 amide bonds. The maximum Gasteiger partial charge on any atom is 2.00 e. The molecule has 2 aromatic rings. The summed E-state index contributed by atoms with van der Waals surface area (Å²) in [5, 5.41) is 1.65. The summed E-state index contributed by atoms with van der Waals surface area (Å²) in [5.41, 5.74) is 0.933. The molecule has 1 aliphatic heterocycles. The summed E-state index contributed by atoms with van der Waals surface area (Å²) in [6, 6.07) is 11.1. The summed E-state index contributed by atoms with van der Waals surface area (Å²) in [6.07, 6.45) is 1.79. The number of hydrogen-bond donors (Lipinski definition) is 1. The van der Waals surface area contributed by atoms with E-state index in [1.54, 1.807) is 12.1 Å². The molecule has 1 fully saturated rings. The summed E-state index contributed by atoms with van der Waals surface area (Å²) in [4.78, 5) is 7.12. The molecule has 225 valence electrons. The first-order chi connectivity index (χ1) is 17.7. The quantitative estimate of drug-likeness (QED) is 0.179. The molecule has 1 aliphatic rings. The van der Waals surface area contributed by atoms with Crippen LogP contribution in [0.2, 0.25) is 0 Å². The topological polar surface area (TPSA) is 141 Å². The van der Waals surface area contributed by atoms with Crippen molar-refractivity contribution < 1.29 is 51.6 Å². The van der Waals surface area contributed by atoms with Crippen molar-refractivity contribution in [3.8, 4) is 0 Å². The van der Waals surface area contributed by atoms with Gasteiger partial charge in [-0.3, -0.25) is 0 Å². The third-order valence-corrected chi connectivity index (χ3v) is 7.94. The molecule has 16 heteroatoms.